The fourth-order valence-electron chi connectivity index (χ4n) is 3.02. The molecule has 0 amide bonds. The fraction of sp³-hybridized carbons (Fsp3) is 0.130. The Kier molecular flexibility index (Phi) is 5.42. The lowest BCUT2D eigenvalue weighted by atomic mass is 10.1. The SMILES string of the molecule is CCOC(=O)Cc1ccc(Nc2nc(-c3cccnc3)nc3ccccc23)cc1. The number of ether oxygens (including phenoxy) is 1. The van der Waals surface area contributed by atoms with Crippen molar-refractivity contribution in [3.8, 4) is 11.4 Å². The number of pyridine rings is 1. The Morgan fingerprint density at radius 3 is 2.59 bits per heavy atom. The van der Waals surface area contributed by atoms with E-state index in [1.807, 2.05) is 60.7 Å². The second-order valence-corrected chi connectivity index (χ2v) is 6.46. The normalized spacial score (nSPS) is 10.7. The van der Waals surface area contributed by atoms with Gasteiger partial charge in [0.2, 0.25) is 0 Å². The summed E-state index contributed by atoms with van der Waals surface area (Å²) >= 11 is 0. The summed E-state index contributed by atoms with van der Waals surface area (Å²) in [5, 5.41) is 4.30. The van der Waals surface area contributed by atoms with Crippen LogP contribution in [0.2, 0.25) is 0 Å². The third-order valence-corrected chi connectivity index (χ3v) is 4.39. The average Bonchev–Trinajstić information content (AvgIpc) is 2.76. The van der Waals surface area contributed by atoms with Crippen molar-refractivity contribution in [2.45, 2.75) is 13.3 Å². The molecule has 6 heteroatoms. The fourth-order valence-corrected chi connectivity index (χ4v) is 3.02. The number of para-hydroxylation sites is 1. The summed E-state index contributed by atoms with van der Waals surface area (Å²) in [7, 11) is 0. The molecule has 4 aromatic rings. The summed E-state index contributed by atoms with van der Waals surface area (Å²) in [4.78, 5) is 25.2. The van der Waals surface area contributed by atoms with Crippen molar-refractivity contribution >= 4 is 28.4 Å². The van der Waals surface area contributed by atoms with Gasteiger partial charge in [0.05, 0.1) is 18.5 Å². The van der Waals surface area contributed by atoms with Crippen molar-refractivity contribution in [1.29, 1.82) is 0 Å². The molecule has 0 unspecified atom stereocenters. The number of hydrogen-bond acceptors (Lipinski definition) is 6. The first-order valence-electron chi connectivity index (χ1n) is 9.41. The topological polar surface area (TPSA) is 77.0 Å². The second-order valence-electron chi connectivity index (χ2n) is 6.46. The number of hydrogen-bond donors (Lipinski definition) is 1. The van der Waals surface area contributed by atoms with Gasteiger partial charge in [0.15, 0.2) is 5.82 Å². The highest BCUT2D eigenvalue weighted by Crippen LogP contribution is 2.27. The molecule has 1 N–H and O–H groups in total. The van der Waals surface area contributed by atoms with E-state index in [9.17, 15) is 4.79 Å². The second kappa shape index (κ2) is 8.48. The van der Waals surface area contributed by atoms with Gasteiger partial charge in [-0.25, -0.2) is 9.97 Å². The number of nitrogens with zero attached hydrogens (tertiary/aromatic N) is 3. The van der Waals surface area contributed by atoms with E-state index >= 15 is 0 Å². The van der Waals surface area contributed by atoms with Gasteiger partial charge >= 0.3 is 5.97 Å². The van der Waals surface area contributed by atoms with E-state index in [1.54, 1.807) is 19.3 Å². The number of carbonyl (C=O) groups excluding carboxylic acids is 1. The predicted octanol–water partition coefficient (Wildman–Crippen LogP) is 4.54. The maximum Gasteiger partial charge on any atom is 0.310 e. The van der Waals surface area contributed by atoms with Crippen molar-refractivity contribution in [3.05, 3.63) is 78.6 Å². The summed E-state index contributed by atoms with van der Waals surface area (Å²) in [6.45, 7) is 2.19. The number of rotatable bonds is 6. The number of anilines is 2. The maximum atomic E-state index is 11.6. The van der Waals surface area contributed by atoms with Crippen molar-refractivity contribution in [2.75, 3.05) is 11.9 Å². The molecule has 4 rings (SSSR count). The Balaban J connectivity index is 1.64. The van der Waals surface area contributed by atoms with Gasteiger partial charge in [-0.3, -0.25) is 9.78 Å². The van der Waals surface area contributed by atoms with Gasteiger partial charge in [0.1, 0.15) is 5.82 Å². The molecular weight excluding hydrogens is 364 g/mol. The van der Waals surface area contributed by atoms with E-state index in [1.165, 1.54) is 0 Å². The standard InChI is InChI=1S/C23H20N4O2/c1-2-29-21(28)14-16-9-11-18(12-10-16)25-23-19-7-3-4-8-20(19)26-22(27-23)17-6-5-13-24-15-17/h3-13,15H,2,14H2,1H3,(H,25,26,27). The summed E-state index contributed by atoms with van der Waals surface area (Å²) in [6.07, 6.45) is 3.73. The average molecular weight is 384 g/mol. The Hall–Kier alpha value is -3.80. The molecule has 6 nitrogen and oxygen atoms in total. The molecule has 0 atom stereocenters. The number of benzene rings is 2. The minimum absolute atomic E-state index is 0.226. The Bertz CT molecular complexity index is 1130. The molecule has 2 aromatic carbocycles. The first-order chi connectivity index (χ1) is 14.2. The van der Waals surface area contributed by atoms with Crippen LogP contribution in [0.1, 0.15) is 12.5 Å². The van der Waals surface area contributed by atoms with Gasteiger partial charge in [0.25, 0.3) is 0 Å². The van der Waals surface area contributed by atoms with Crippen LogP contribution in [0.3, 0.4) is 0 Å². The monoisotopic (exact) mass is 384 g/mol. The molecule has 0 radical (unpaired) electrons. The number of aromatic nitrogens is 3. The summed E-state index contributed by atoms with van der Waals surface area (Å²) < 4.78 is 5.00. The van der Waals surface area contributed by atoms with Gasteiger partial charge < -0.3 is 10.1 Å². The molecule has 0 fully saturated rings. The van der Waals surface area contributed by atoms with E-state index in [2.05, 4.69) is 15.3 Å². The van der Waals surface area contributed by atoms with Crippen LogP contribution in [-0.2, 0) is 16.0 Å². The molecule has 2 heterocycles. The van der Waals surface area contributed by atoms with E-state index in [0.29, 0.717) is 18.2 Å². The zero-order chi connectivity index (χ0) is 20.1. The van der Waals surface area contributed by atoms with Crippen molar-refractivity contribution in [1.82, 2.24) is 15.0 Å². The lowest BCUT2D eigenvalue weighted by Gasteiger charge is -2.11. The zero-order valence-corrected chi connectivity index (χ0v) is 16.0. The van der Waals surface area contributed by atoms with Crippen LogP contribution < -0.4 is 5.32 Å². The third-order valence-electron chi connectivity index (χ3n) is 4.39. The molecule has 0 spiro atoms. The van der Waals surface area contributed by atoms with Crippen molar-refractivity contribution in [2.24, 2.45) is 0 Å². The van der Waals surface area contributed by atoms with Crippen LogP contribution in [0.5, 0.6) is 0 Å². The maximum absolute atomic E-state index is 11.6. The molecule has 0 saturated heterocycles. The van der Waals surface area contributed by atoms with Crippen LogP contribution in [0.4, 0.5) is 11.5 Å². The first kappa shape index (κ1) is 18.6. The van der Waals surface area contributed by atoms with E-state index in [4.69, 9.17) is 9.72 Å². The largest absolute Gasteiger partial charge is 0.466 e. The highest BCUT2D eigenvalue weighted by Gasteiger charge is 2.10. The first-order valence-corrected chi connectivity index (χ1v) is 9.41. The Morgan fingerprint density at radius 1 is 1.00 bits per heavy atom. The Labute approximate surface area is 168 Å². The van der Waals surface area contributed by atoms with Crippen LogP contribution in [0, 0.1) is 0 Å². The molecule has 0 bridgehead atoms. The van der Waals surface area contributed by atoms with Gasteiger partial charge in [-0.05, 0) is 48.9 Å². The molecular formula is C23H20N4O2. The van der Waals surface area contributed by atoms with Crippen LogP contribution in [0.15, 0.2) is 73.1 Å². The summed E-state index contributed by atoms with van der Waals surface area (Å²) in [6, 6.07) is 19.3. The summed E-state index contributed by atoms with van der Waals surface area (Å²) in [5.74, 6) is 1.10. The van der Waals surface area contributed by atoms with Crippen molar-refractivity contribution < 1.29 is 9.53 Å². The quantitative estimate of drug-likeness (QED) is 0.492. The number of fused-ring (bicyclic) bond motifs is 1. The lowest BCUT2D eigenvalue weighted by Crippen LogP contribution is -2.07. The number of nitrogens with one attached hydrogen (secondary N) is 1. The zero-order valence-electron chi connectivity index (χ0n) is 16.0. The van der Waals surface area contributed by atoms with Gasteiger partial charge in [0, 0.05) is 29.0 Å². The Morgan fingerprint density at radius 2 is 1.83 bits per heavy atom. The minimum atomic E-state index is -0.226. The molecule has 0 aliphatic carbocycles. The minimum Gasteiger partial charge on any atom is -0.466 e. The van der Waals surface area contributed by atoms with Crippen molar-refractivity contribution in [3.63, 3.8) is 0 Å². The van der Waals surface area contributed by atoms with Crippen LogP contribution >= 0.6 is 0 Å². The highest BCUT2D eigenvalue weighted by molar-refractivity contribution is 5.92. The van der Waals surface area contributed by atoms with Crippen LogP contribution in [0.25, 0.3) is 22.3 Å². The number of esters is 1. The van der Waals surface area contributed by atoms with Gasteiger partial charge in [-0.1, -0.05) is 24.3 Å². The molecule has 2 aromatic heterocycles. The molecule has 29 heavy (non-hydrogen) atoms. The van der Waals surface area contributed by atoms with E-state index < -0.39 is 0 Å². The molecule has 0 saturated carbocycles. The van der Waals surface area contributed by atoms with E-state index in [-0.39, 0.29) is 12.4 Å². The smallest absolute Gasteiger partial charge is 0.310 e. The number of carbonyl (C=O) groups is 1. The van der Waals surface area contributed by atoms with Gasteiger partial charge in [-0.2, -0.15) is 0 Å². The highest BCUT2D eigenvalue weighted by atomic mass is 16.5. The molecule has 0 aliphatic heterocycles. The third kappa shape index (κ3) is 4.38. The predicted molar refractivity (Wildman–Crippen MR) is 113 cm³/mol. The summed E-state index contributed by atoms with van der Waals surface area (Å²) in [5.41, 5.74) is 3.48. The molecule has 0 aliphatic rings. The lowest BCUT2D eigenvalue weighted by molar-refractivity contribution is -0.142. The van der Waals surface area contributed by atoms with E-state index in [0.717, 1.165) is 27.7 Å². The van der Waals surface area contributed by atoms with Crippen LogP contribution in [-0.4, -0.2) is 27.5 Å². The molecule has 144 valence electrons. The van der Waals surface area contributed by atoms with Gasteiger partial charge in [-0.15, -0.1) is 0 Å².